The lowest BCUT2D eigenvalue weighted by Crippen LogP contribution is -2.56. The monoisotopic (exact) mass is 272 g/mol. The summed E-state index contributed by atoms with van der Waals surface area (Å²) in [5, 5.41) is 0. The Balaban J connectivity index is 1.89. The minimum atomic E-state index is -0.637. The zero-order chi connectivity index (χ0) is 14.0. The van der Waals surface area contributed by atoms with Gasteiger partial charge in [0.05, 0.1) is 6.10 Å². The summed E-state index contributed by atoms with van der Waals surface area (Å²) in [5.74, 6) is -0.906. The van der Waals surface area contributed by atoms with Crippen LogP contribution in [0.5, 0.6) is 0 Å². The predicted octanol–water partition coefficient (Wildman–Crippen LogP) is 2.04. The van der Waals surface area contributed by atoms with Crippen LogP contribution in [0.25, 0.3) is 0 Å². The number of hydrogen-bond acceptors (Lipinski definition) is 5. The Morgan fingerprint density at radius 2 is 1.26 bits per heavy atom. The molecule has 5 heteroatoms. The van der Waals surface area contributed by atoms with Crippen molar-refractivity contribution in [2.75, 3.05) is 0 Å². The fraction of sp³-hybridized carbons (Fsp3) is 1.00. The van der Waals surface area contributed by atoms with Crippen molar-refractivity contribution in [2.24, 2.45) is 5.92 Å². The first-order valence-electron chi connectivity index (χ1n) is 7.05. The molecule has 3 aliphatic heterocycles. The van der Waals surface area contributed by atoms with Crippen molar-refractivity contribution >= 4 is 0 Å². The van der Waals surface area contributed by atoms with E-state index in [9.17, 15) is 0 Å². The fourth-order valence-electron chi connectivity index (χ4n) is 3.18. The molecular formula is C14H24O5. The lowest BCUT2D eigenvalue weighted by Gasteiger charge is -2.39. The maximum absolute atomic E-state index is 6.06. The van der Waals surface area contributed by atoms with Crippen molar-refractivity contribution in [3.63, 3.8) is 0 Å². The van der Waals surface area contributed by atoms with Gasteiger partial charge in [0.1, 0.15) is 18.3 Å². The van der Waals surface area contributed by atoms with Gasteiger partial charge in [0.2, 0.25) is 0 Å². The topological polar surface area (TPSA) is 46.2 Å². The van der Waals surface area contributed by atoms with Crippen LogP contribution in [0.4, 0.5) is 0 Å². The molecule has 0 aromatic rings. The van der Waals surface area contributed by atoms with Gasteiger partial charge in [0.15, 0.2) is 17.9 Å². The van der Waals surface area contributed by atoms with Gasteiger partial charge in [-0.25, -0.2) is 0 Å². The van der Waals surface area contributed by atoms with E-state index in [0.29, 0.717) is 5.92 Å². The van der Waals surface area contributed by atoms with Crippen LogP contribution >= 0.6 is 0 Å². The molecule has 0 aromatic carbocycles. The first-order chi connectivity index (χ1) is 8.69. The molecule has 0 bridgehead atoms. The molecule has 0 aromatic heterocycles. The molecule has 19 heavy (non-hydrogen) atoms. The molecule has 5 nitrogen and oxygen atoms in total. The van der Waals surface area contributed by atoms with Crippen molar-refractivity contribution < 1.29 is 23.7 Å². The Labute approximate surface area is 114 Å². The summed E-state index contributed by atoms with van der Waals surface area (Å²) >= 11 is 0. The minimum Gasteiger partial charge on any atom is -0.343 e. The van der Waals surface area contributed by atoms with Crippen molar-refractivity contribution in [3.05, 3.63) is 0 Å². The van der Waals surface area contributed by atoms with Crippen molar-refractivity contribution in [2.45, 2.75) is 83.8 Å². The van der Waals surface area contributed by atoms with E-state index in [1.54, 1.807) is 0 Å². The van der Waals surface area contributed by atoms with Crippen LogP contribution in [0, 0.1) is 5.92 Å². The van der Waals surface area contributed by atoms with Crippen LogP contribution in [-0.4, -0.2) is 42.3 Å². The smallest absolute Gasteiger partial charge is 0.190 e. The van der Waals surface area contributed by atoms with E-state index in [2.05, 4.69) is 13.8 Å². The van der Waals surface area contributed by atoms with Crippen LogP contribution in [0.15, 0.2) is 0 Å². The van der Waals surface area contributed by atoms with Gasteiger partial charge in [-0.3, -0.25) is 0 Å². The second-order valence-corrected chi connectivity index (χ2v) is 6.88. The van der Waals surface area contributed by atoms with Crippen LogP contribution in [0.2, 0.25) is 0 Å². The van der Waals surface area contributed by atoms with Gasteiger partial charge >= 0.3 is 0 Å². The molecular weight excluding hydrogens is 248 g/mol. The number of fused-ring (bicyclic) bond motifs is 3. The fourth-order valence-corrected chi connectivity index (χ4v) is 3.18. The number of rotatable bonds is 1. The summed E-state index contributed by atoms with van der Waals surface area (Å²) in [4.78, 5) is 0. The lowest BCUT2D eigenvalue weighted by molar-refractivity contribution is -0.242. The van der Waals surface area contributed by atoms with Gasteiger partial charge in [-0.15, -0.1) is 0 Å². The Morgan fingerprint density at radius 3 is 1.89 bits per heavy atom. The summed E-state index contributed by atoms with van der Waals surface area (Å²) in [5.41, 5.74) is 0. The maximum Gasteiger partial charge on any atom is 0.190 e. The SMILES string of the molecule is CC(C)C1OC2OC(C)(C)OC2C2OC(C)(C)OC12. The van der Waals surface area contributed by atoms with Gasteiger partial charge in [-0.05, 0) is 33.6 Å². The first-order valence-corrected chi connectivity index (χ1v) is 7.05. The third kappa shape index (κ3) is 2.32. The average Bonchev–Trinajstić information content (AvgIpc) is 2.70. The van der Waals surface area contributed by atoms with Gasteiger partial charge in [-0.2, -0.15) is 0 Å². The highest BCUT2D eigenvalue weighted by Crippen LogP contribution is 2.45. The molecule has 3 saturated heterocycles. The number of ether oxygens (including phenoxy) is 5. The zero-order valence-electron chi connectivity index (χ0n) is 12.5. The van der Waals surface area contributed by atoms with Gasteiger partial charge in [0, 0.05) is 0 Å². The Bertz CT molecular complexity index is 365. The third-order valence-corrected chi connectivity index (χ3v) is 3.85. The van der Waals surface area contributed by atoms with E-state index in [0.717, 1.165) is 0 Å². The molecule has 0 aliphatic carbocycles. The molecule has 3 fully saturated rings. The summed E-state index contributed by atoms with van der Waals surface area (Å²) in [6.07, 6.45) is -0.875. The molecule has 5 unspecified atom stereocenters. The van der Waals surface area contributed by atoms with E-state index in [4.69, 9.17) is 23.7 Å². The quantitative estimate of drug-likeness (QED) is 0.731. The van der Waals surface area contributed by atoms with Crippen molar-refractivity contribution in [3.8, 4) is 0 Å². The highest BCUT2D eigenvalue weighted by Gasteiger charge is 2.60. The molecule has 3 heterocycles. The number of hydrogen-bond donors (Lipinski definition) is 0. The molecule has 0 amide bonds. The van der Waals surface area contributed by atoms with Gasteiger partial charge < -0.3 is 23.7 Å². The maximum atomic E-state index is 6.06. The largest absolute Gasteiger partial charge is 0.343 e. The minimum absolute atomic E-state index is 0.0366. The lowest BCUT2D eigenvalue weighted by atomic mass is 9.92. The average molecular weight is 272 g/mol. The van der Waals surface area contributed by atoms with Crippen molar-refractivity contribution in [1.82, 2.24) is 0 Å². The Morgan fingerprint density at radius 1 is 0.737 bits per heavy atom. The molecule has 3 aliphatic rings. The van der Waals surface area contributed by atoms with E-state index >= 15 is 0 Å². The summed E-state index contributed by atoms with van der Waals surface area (Å²) in [6.45, 7) is 11.9. The van der Waals surface area contributed by atoms with E-state index in [1.165, 1.54) is 0 Å². The Hall–Kier alpha value is -0.200. The summed E-state index contributed by atoms with van der Waals surface area (Å²) in [6, 6.07) is 0. The molecule has 0 radical (unpaired) electrons. The summed E-state index contributed by atoms with van der Waals surface area (Å²) in [7, 11) is 0. The van der Waals surface area contributed by atoms with Gasteiger partial charge in [0.25, 0.3) is 0 Å². The second-order valence-electron chi connectivity index (χ2n) is 6.88. The highest BCUT2D eigenvalue weighted by atomic mass is 16.9. The normalized spacial score (nSPS) is 47.2. The van der Waals surface area contributed by atoms with Crippen LogP contribution in [0.1, 0.15) is 41.5 Å². The third-order valence-electron chi connectivity index (χ3n) is 3.85. The van der Waals surface area contributed by atoms with E-state index in [1.807, 2.05) is 27.7 Å². The standard InChI is InChI=1S/C14H24O5/c1-7(2)8-9-10(17-13(3,4)16-9)11-12(15-8)19-14(5,6)18-11/h7-12H,1-6H3. The van der Waals surface area contributed by atoms with Crippen LogP contribution < -0.4 is 0 Å². The molecule has 0 spiro atoms. The van der Waals surface area contributed by atoms with Crippen molar-refractivity contribution in [1.29, 1.82) is 0 Å². The Kier molecular flexibility index (Phi) is 3.01. The summed E-state index contributed by atoms with van der Waals surface area (Å²) < 4.78 is 29.9. The molecule has 5 atom stereocenters. The highest BCUT2D eigenvalue weighted by molar-refractivity contribution is 5.00. The van der Waals surface area contributed by atoms with E-state index in [-0.39, 0.29) is 30.7 Å². The van der Waals surface area contributed by atoms with Crippen LogP contribution in [0.3, 0.4) is 0 Å². The second kappa shape index (κ2) is 4.15. The molecule has 110 valence electrons. The molecule has 0 saturated carbocycles. The zero-order valence-corrected chi connectivity index (χ0v) is 12.5. The first kappa shape index (κ1) is 13.8. The van der Waals surface area contributed by atoms with Gasteiger partial charge in [-0.1, -0.05) is 13.8 Å². The predicted molar refractivity (Wildman–Crippen MR) is 67.4 cm³/mol. The van der Waals surface area contributed by atoms with E-state index < -0.39 is 11.6 Å². The van der Waals surface area contributed by atoms with Crippen LogP contribution in [-0.2, 0) is 23.7 Å². The molecule has 0 N–H and O–H groups in total. The molecule has 3 rings (SSSR count).